The quantitative estimate of drug-likeness (QED) is 0.234. The van der Waals surface area contributed by atoms with Gasteiger partial charge in [0.05, 0.1) is 16.0 Å². The molecule has 0 aliphatic rings. The molecule has 1 amide bonds. The summed E-state index contributed by atoms with van der Waals surface area (Å²) in [5, 5.41) is 5.56. The van der Waals surface area contributed by atoms with Crippen LogP contribution in [0.2, 0.25) is 0 Å². The summed E-state index contributed by atoms with van der Waals surface area (Å²) in [6.07, 6.45) is 0. The van der Waals surface area contributed by atoms with E-state index in [1.165, 1.54) is 27.8 Å². The van der Waals surface area contributed by atoms with Gasteiger partial charge in [-0.15, -0.1) is 11.3 Å². The molecule has 2 aromatic carbocycles. The number of H-pyrrole nitrogens is 1. The van der Waals surface area contributed by atoms with Gasteiger partial charge in [0, 0.05) is 29.7 Å². The first kappa shape index (κ1) is 26.1. The Labute approximate surface area is 217 Å². The molecular weight excluding hydrogens is 517 g/mol. The number of hydrogen-bond donors (Lipinski definition) is 2. The van der Waals surface area contributed by atoms with Crippen LogP contribution in [0.15, 0.2) is 68.8 Å². The zero-order valence-electron chi connectivity index (χ0n) is 20.1. The Morgan fingerprint density at radius 2 is 1.75 bits per heavy atom. The second-order valence-electron chi connectivity index (χ2n) is 8.02. The summed E-state index contributed by atoms with van der Waals surface area (Å²) in [6, 6.07) is 14.0. The lowest BCUT2D eigenvalue weighted by Gasteiger charge is -2.18. The summed E-state index contributed by atoms with van der Waals surface area (Å²) in [5.74, 6) is -0.266. The van der Waals surface area contributed by atoms with E-state index in [0.717, 1.165) is 28.5 Å². The van der Waals surface area contributed by atoms with E-state index in [9.17, 15) is 18.0 Å². The number of hydrogen-bond acceptors (Lipinski definition) is 7. The van der Waals surface area contributed by atoms with Crippen LogP contribution in [0.4, 0.5) is 5.69 Å². The Kier molecular flexibility index (Phi) is 7.94. The number of amides is 1. The van der Waals surface area contributed by atoms with E-state index in [4.69, 9.17) is 0 Å². The molecule has 2 aromatic heterocycles. The molecule has 0 saturated carbocycles. The molecule has 0 radical (unpaired) electrons. The average Bonchev–Trinajstić information content (AvgIpc) is 3.29. The van der Waals surface area contributed by atoms with Crippen LogP contribution >= 0.6 is 23.1 Å². The number of sulfonamides is 1. The normalized spacial score (nSPS) is 11.8. The van der Waals surface area contributed by atoms with Crippen molar-refractivity contribution in [2.24, 2.45) is 0 Å². The Hall–Kier alpha value is -2.99. The second-order valence-corrected chi connectivity index (χ2v) is 11.8. The molecule has 188 valence electrons. The number of carbonyl (C=O) groups is 1. The number of rotatable bonds is 9. The number of thiophene rings is 1. The van der Waals surface area contributed by atoms with Crippen LogP contribution in [0.25, 0.3) is 21.3 Å². The van der Waals surface area contributed by atoms with Gasteiger partial charge in [-0.25, -0.2) is 13.4 Å². The third-order valence-electron chi connectivity index (χ3n) is 5.61. The number of fused-ring (bicyclic) bond motifs is 1. The highest BCUT2D eigenvalue weighted by Gasteiger charge is 2.21. The van der Waals surface area contributed by atoms with Gasteiger partial charge in [-0.05, 0) is 36.8 Å². The van der Waals surface area contributed by atoms with E-state index >= 15 is 0 Å². The highest BCUT2D eigenvalue weighted by Crippen LogP contribution is 2.31. The highest BCUT2D eigenvalue weighted by atomic mass is 32.2. The average molecular weight is 543 g/mol. The summed E-state index contributed by atoms with van der Waals surface area (Å²) >= 11 is 2.52. The molecule has 8 nitrogen and oxygen atoms in total. The monoisotopic (exact) mass is 542 g/mol. The van der Waals surface area contributed by atoms with Gasteiger partial charge in [0.25, 0.3) is 5.56 Å². The second kappa shape index (κ2) is 11.0. The van der Waals surface area contributed by atoms with Crippen molar-refractivity contribution in [3.8, 4) is 11.1 Å². The highest BCUT2D eigenvalue weighted by molar-refractivity contribution is 7.99. The SMILES string of the molecule is CCN(CC)S(=O)(=O)c1ccc(NC(=O)CSc2nc3scc(-c4ccc(C)cc4)c3c(=O)[nH]2)cc1. The molecule has 0 aliphatic carbocycles. The minimum absolute atomic E-state index is 0.0319. The van der Waals surface area contributed by atoms with Crippen molar-refractivity contribution in [2.45, 2.75) is 30.8 Å². The van der Waals surface area contributed by atoms with Crippen LogP contribution in [0.3, 0.4) is 0 Å². The number of carbonyl (C=O) groups excluding carboxylic acids is 1. The minimum Gasteiger partial charge on any atom is -0.325 e. The molecular formula is C25H26N4O4S3. The summed E-state index contributed by atoms with van der Waals surface area (Å²) in [4.78, 5) is 33.4. The Bertz CT molecular complexity index is 1540. The number of nitrogens with zero attached hydrogens (tertiary/aromatic N) is 2. The Morgan fingerprint density at radius 1 is 1.08 bits per heavy atom. The maximum Gasteiger partial charge on any atom is 0.260 e. The predicted octanol–water partition coefficient (Wildman–Crippen LogP) is 4.72. The van der Waals surface area contributed by atoms with Crippen LogP contribution in [0, 0.1) is 6.92 Å². The number of aromatic amines is 1. The van der Waals surface area contributed by atoms with E-state index in [2.05, 4.69) is 15.3 Å². The zero-order chi connectivity index (χ0) is 25.9. The van der Waals surface area contributed by atoms with E-state index in [1.54, 1.807) is 26.0 Å². The molecule has 0 atom stereocenters. The number of aryl methyl sites for hydroxylation is 1. The molecule has 4 rings (SSSR count). The minimum atomic E-state index is -3.56. The van der Waals surface area contributed by atoms with Crippen molar-refractivity contribution in [3.63, 3.8) is 0 Å². The van der Waals surface area contributed by atoms with Gasteiger partial charge >= 0.3 is 0 Å². The maximum atomic E-state index is 12.8. The number of thioether (sulfide) groups is 1. The summed E-state index contributed by atoms with van der Waals surface area (Å²) in [7, 11) is -3.56. The molecule has 0 bridgehead atoms. The van der Waals surface area contributed by atoms with E-state index in [1.807, 2.05) is 36.6 Å². The van der Waals surface area contributed by atoms with E-state index in [-0.39, 0.29) is 22.1 Å². The van der Waals surface area contributed by atoms with Crippen LogP contribution in [0.1, 0.15) is 19.4 Å². The molecule has 4 aromatic rings. The van der Waals surface area contributed by atoms with Gasteiger partial charge < -0.3 is 10.3 Å². The number of nitrogens with one attached hydrogen (secondary N) is 2. The molecule has 0 fully saturated rings. The van der Waals surface area contributed by atoms with E-state index in [0.29, 0.717) is 34.1 Å². The number of anilines is 1. The van der Waals surface area contributed by atoms with Gasteiger partial charge in [0.15, 0.2) is 5.16 Å². The van der Waals surface area contributed by atoms with Crippen molar-refractivity contribution in [3.05, 3.63) is 69.8 Å². The lowest BCUT2D eigenvalue weighted by Crippen LogP contribution is -2.30. The first-order valence-corrected chi connectivity index (χ1v) is 14.6. The van der Waals surface area contributed by atoms with Crippen molar-refractivity contribution >= 4 is 54.9 Å². The number of aromatic nitrogens is 2. The van der Waals surface area contributed by atoms with Crippen molar-refractivity contribution in [1.29, 1.82) is 0 Å². The van der Waals surface area contributed by atoms with Gasteiger partial charge in [0.2, 0.25) is 15.9 Å². The molecule has 2 heterocycles. The maximum absolute atomic E-state index is 12.8. The van der Waals surface area contributed by atoms with Gasteiger partial charge in [-0.3, -0.25) is 9.59 Å². The van der Waals surface area contributed by atoms with Crippen LogP contribution in [0.5, 0.6) is 0 Å². The van der Waals surface area contributed by atoms with Gasteiger partial charge in [-0.1, -0.05) is 55.4 Å². The zero-order valence-corrected chi connectivity index (χ0v) is 22.5. The first-order chi connectivity index (χ1) is 17.2. The summed E-state index contributed by atoms with van der Waals surface area (Å²) < 4.78 is 26.6. The van der Waals surface area contributed by atoms with Gasteiger partial charge in [-0.2, -0.15) is 4.31 Å². The third kappa shape index (κ3) is 5.54. The van der Waals surface area contributed by atoms with E-state index < -0.39 is 10.0 Å². The largest absolute Gasteiger partial charge is 0.325 e. The Balaban J connectivity index is 1.42. The van der Waals surface area contributed by atoms with Crippen LogP contribution in [-0.4, -0.2) is 47.4 Å². The fraction of sp³-hybridized carbons (Fsp3) is 0.240. The third-order valence-corrected chi connectivity index (χ3v) is 9.42. The molecule has 0 unspecified atom stereocenters. The van der Waals surface area contributed by atoms with Crippen molar-refractivity contribution < 1.29 is 13.2 Å². The van der Waals surface area contributed by atoms with Crippen molar-refractivity contribution in [1.82, 2.24) is 14.3 Å². The Morgan fingerprint density at radius 3 is 2.39 bits per heavy atom. The van der Waals surface area contributed by atoms with Crippen LogP contribution in [-0.2, 0) is 14.8 Å². The topological polar surface area (TPSA) is 112 Å². The molecule has 2 N–H and O–H groups in total. The fourth-order valence-electron chi connectivity index (χ4n) is 3.70. The van der Waals surface area contributed by atoms with Gasteiger partial charge in [0.1, 0.15) is 4.83 Å². The molecule has 11 heteroatoms. The lowest BCUT2D eigenvalue weighted by molar-refractivity contribution is -0.113. The summed E-state index contributed by atoms with van der Waals surface area (Å²) in [6.45, 7) is 6.35. The molecule has 0 aliphatic heterocycles. The lowest BCUT2D eigenvalue weighted by atomic mass is 10.1. The summed E-state index contributed by atoms with van der Waals surface area (Å²) in [5.41, 5.74) is 3.17. The standard InChI is InChI=1S/C25H26N4O4S3/c1-4-29(5-2)36(32,33)19-12-10-18(11-13-19)26-21(30)15-35-25-27-23(31)22-20(14-34-24(22)28-25)17-8-6-16(3)7-9-17/h6-14H,4-5,15H2,1-3H3,(H,26,30)(H,27,28,31). The predicted molar refractivity (Wildman–Crippen MR) is 146 cm³/mol. The molecule has 0 spiro atoms. The molecule has 36 heavy (non-hydrogen) atoms. The van der Waals surface area contributed by atoms with Crippen molar-refractivity contribution in [2.75, 3.05) is 24.2 Å². The fourth-order valence-corrected chi connectivity index (χ4v) is 6.82. The first-order valence-electron chi connectivity index (χ1n) is 11.3. The van der Waals surface area contributed by atoms with Crippen LogP contribution < -0.4 is 10.9 Å². The smallest absolute Gasteiger partial charge is 0.260 e. The number of benzene rings is 2. The molecule has 0 saturated heterocycles.